The van der Waals surface area contributed by atoms with E-state index in [0.717, 1.165) is 10.5 Å². The van der Waals surface area contributed by atoms with E-state index in [-0.39, 0.29) is 5.69 Å². The number of nitrogens with zero attached hydrogens (tertiary/aromatic N) is 1. The zero-order valence-electron chi connectivity index (χ0n) is 11.2. The Labute approximate surface area is 121 Å². The highest BCUT2D eigenvalue weighted by molar-refractivity contribution is 7.99. The predicted octanol–water partition coefficient (Wildman–Crippen LogP) is 4.11. The highest BCUT2D eigenvalue weighted by atomic mass is 32.2. The molecule has 2 rings (SSSR count). The molecule has 0 saturated heterocycles. The number of benzene rings is 2. The van der Waals surface area contributed by atoms with Crippen molar-refractivity contribution >= 4 is 17.4 Å². The first-order valence-electron chi connectivity index (χ1n) is 6.18. The van der Waals surface area contributed by atoms with Gasteiger partial charge in [0.25, 0.3) is 5.69 Å². The molecular weight excluding hydrogens is 274 g/mol. The minimum atomic E-state index is -0.716. The lowest BCUT2D eigenvalue weighted by atomic mass is 10.1. The Hall–Kier alpha value is -1.85. The Balaban J connectivity index is 2.38. The van der Waals surface area contributed by atoms with Crippen LogP contribution in [0, 0.1) is 17.0 Å². The smallest absolute Gasteiger partial charge is 0.283 e. The maximum atomic E-state index is 11.2. The Kier molecular flexibility index (Phi) is 4.42. The van der Waals surface area contributed by atoms with Crippen molar-refractivity contribution < 1.29 is 10.0 Å². The van der Waals surface area contributed by atoms with Crippen LogP contribution in [-0.2, 0) is 0 Å². The summed E-state index contributed by atoms with van der Waals surface area (Å²) in [4.78, 5) is 12.3. The zero-order valence-corrected chi connectivity index (χ0v) is 12.1. The Morgan fingerprint density at radius 2 is 2.00 bits per heavy atom. The minimum absolute atomic E-state index is 0.0231. The molecule has 0 fully saturated rings. The maximum absolute atomic E-state index is 11.2. The highest BCUT2D eigenvalue weighted by Crippen LogP contribution is 2.36. The van der Waals surface area contributed by atoms with Gasteiger partial charge in [-0.15, -0.1) is 0 Å². The number of aliphatic hydroxyl groups is 1. The second kappa shape index (κ2) is 6.07. The van der Waals surface area contributed by atoms with E-state index in [1.807, 2.05) is 31.2 Å². The van der Waals surface area contributed by atoms with Crippen LogP contribution >= 0.6 is 11.8 Å². The minimum Gasteiger partial charge on any atom is -0.389 e. The number of rotatable bonds is 4. The third kappa shape index (κ3) is 3.37. The molecule has 0 aliphatic heterocycles. The molecule has 1 atom stereocenters. The van der Waals surface area contributed by atoms with Gasteiger partial charge in [0.2, 0.25) is 0 Å². The van der Waals surface area contributed by atoms with Crippen LogP contribution in [0.3, 0.4) is 0 Å². The number of nitro groups is 1. The summed E-state index contributed by atoms with van der Waals surface area (Å²) in [6, 6.07) is 12.6. The molecular formula is C15H15NO3S. The topological polar surface area (TPSA) is 63.4 Å². The van der Waals surface area contributed by atoms with Gasteiger partial charge in [-0.3, -0.25) is 10.1 Å². The molecule has 5 heteroatoms. The average Bonchev–Trinajstić information content (AvgIpc) is 2.38. The Morgan fingerprint density at radius 3 is 2.60 bits per heavy atom. The van der Waals surface area contributed by atoms with Crippen molar-refractivity contribution in [1.29, 1.82) is 0 Å². The number of hydrogen-bond donors (Lipinski definition) is 1. The van der Waals surface area contributed by atoms with Gasteiger partial charge in [-0.2, -0.15) is 0 Å². The second-order valence-electron chi connectivity index (χ2n) is 4.58. The van der Waals surface area contributed by atoms with Gasteiger partial charge in [-0.25, -0.2) is 0 Å². The molecule has 0 saturated carbocycles. The van der Waals surface area contributed by atoms with Crippen LogP contribution < -0.4 is 0 Å². The quantitative estimate of drug-likeness (QED) is 0.679. The summed E-state index contributed by atoms with van der Waals surface area (Å²) >= 11 is 1.35. The molecule has 0 aliphatic rings. The number of nitro benzene ring substituents is 1. The van der Waals surface area contributed by atoms with Crippen LogP contribution in [0.15, 0.2) is 52.3 Å². The molecule has 0 bridgehead atoms. The summed E-state index contributed by atoms with van der Waals surface area (Å²) in [7, 11) is 0. The second-order valence-corrected chi connectivity index (χ2v) is 5.69. The summed E-state index contributed by atoms with van der Waals surface area (Å²) in [5.41, 5.74) is 1.68. The van der Waals surface area contributed by atoms with E-state index >= 15 is 0 Å². The molecule has 0 radical (unpaired) electrons. The molecule has 0 heterocycles. The SMILES string of the molecule is Cc1cccc(Sc2ccc(C(C)O)cc2[N+](=O)[O-])c1. The van der Waals surface area contributed by atoms with Crippen molar-refractivity contribution in [3.8, 4) is 0 Å². The van der Waals surface area contributed by atoms with Gasteiger partial charge < -0.3 is 5.11 Å². The molecule has 1 unspecified atom stereocenters. The van der Waals surface area contributed by atoms with Crippen molar-refractivity contribution in [2.24, 2.45) is 0 Å². The van der Waals surface area contributed by atoms with Crippen LogP contribution in [0.25, 0.3) is 0 Å². The molecule has 20 heavy (non-hydrogen) atoms. The first-order chi connectivity index (χ1) is 9.47. The van der Waals surface area contributed by atoms with Crippen molar-refractivity contribution in [1.82, 2.24) is 0 Å². The van der Waals surface area contributed by atoms with Gasteiger partial charge >= 0.3 is 0 Å². The maximum Gasteiger partial charge on any atom is 0.283 e. The summed E-state index contributed by atoms with van der Waals surface area (Å²) < 4.78 is 0. The fourth-order valence-electron chi connectivity index (χ4n) is 1.83. The van der Waals surface area contributed by atoms with E-state index < -0.39 is 11.0 Å². The fraction of sp³-hybridized carbons (Fsp3) is 0.200. The summed E-state index contributed by atoms with van der Waals surface area (Å²) in [6.45, 7) is 3.57. The summed E-state index contributed by atoms with van der Waals surface area (Å²) in [6.07, 6.45) is -0.716. The third-order valence-electron chi connectivity index (χ3n) is 2.88. The summed E-state index contributed by atoms with van der Waals surface area (Å²) in [5.74, 6) is 0. The number of hydrogen-bond acceptors (Lipinski definition) is 4. The van der Waals surface area contributed by atoms with Gasteiger partial charge in [0, 0.05) is 11.0 Å². The van der Waals surface area contributed by atoms with Gasteiger partial charge in [0.05, 0.1) is 15.9 Å². The van der Waals surface area contributed by atoms with E-state index in [4.69, 9.17) is 0 Å². The third-order valence-corrected chi connectivity index (χ3v) is 3.93. The van der Waals surface area contributed by atoms with Crippen LogP contribution in [0.5, 0.6) is 0 Å². The lowest BCUT2D eigenvalue weighted by molar-refractivity contribution is -0.387. The fourth-order valence-corrected chi connectivity index (χ4v) is 2.85. The van der Waals surface area contributed by atoms with E-state index in [1.54, 1.807) is 19.1 Å². The van der Waals surface area contributed by atoms with E-state index in [9.17, 15) is 15.2 Å². The van der Waals surface area contributed by atoms with Crippen LogP contribution in [-0.4, -0.2) is 10.0 Å². The highest BCUT2D eigenvalue weighted by Gasteiger charge is 2.17. The van der Waals surface area contributed by atoms with E-state index in [1.165, 1.54) is 17.8 Å². The lowest BCUT2D eigenvalue weighted by Crippen LogP contribution is -1.96. The Morgan fingerprint density at radius 1 is 1.25 bits per heavy atom. The molecule has 2 aromatic carbocycles. The molecule has 1 N–H and O–H groups in total. The standard InChI is InChI=1S/C15H15NO3S/c1-10-4-3-5-13(8-10)20-15-7-6-12(11(2)17)9-14(15)16(18)19/h3-9,11,17H,1-2H3. The summed E-state index contributed by atoms with van der Waals surface area (Å²) in [5, 5.41) is 20.7. The van der Waals surface area contributed by atoms with Crippen LogP contribution in [0.2, 0.25) is 0 Å². The molecule has 0 aliphatic carbocycles. The van der Waals surface area contributed by atoms with Gasteiger partial charge in [0.15, 0.2) is 0 Å². The molecule has 0 spiro atoms. The molecule has 0 amide bonds. The predicted molar refractivity (Wildman–Crippen MR) is 79.0 cm³/mol. The molecule has 0 aromatic heterocycles. The van der Waals surface area contributed by atoms with Crippen molar-refractivity contribution in [2.45, 2.75) is 29.7 Å². The molecule has 2 aromatic rings. The normalized spacial score (nSPS) is 12.2. The lowest BCUT2D eigenvalue weighted by Gasteiger charge is -2.08. The Bertz CT molecular complexity index is 641. The first kappa shape index (κ1) is 14.6. The van der Waals surface area contributed by atoms with Crippen LogP contribution in [0.1, 0.15) is 24.2 Å². The first-order valence-corrected chi connectivity index (χ1v) is 7.00. The monoisotopic (exact) mass is 289 g/mol. The largest absolute Gasteiger partial charge is 0.389 e. The van der Waals surface area contributed by atoms with Gasteiger partial charge in [0.1, 0.15) is 0 Å². The molecule has 104 valence electrons. The number of aliphatic hydroxyl groups excluding tert-OH is 1. The van der Waals surface area contributed by atoms with Crippen LogP contribution in [0.4, 0.5) is 5.69 Å². The van der Waals surface area contributed by atoms with E-state index in [2.05, 4.69) is 0 Å². The van der Waals surface area contributed by atoms with Crippen molar-refractivity contribution in [3.63, 3.8) is 0 Å². The van der Waals surface area contributed by atoms with E-state index in [0.29, 0.717) is 10.5 Å². The number of aryl methyl sites for hydroxylation is 1. The average molecular weight is 289 g/mol. The van der Waals surface area contributed by atoms with Crippen molar-refractivity contribution in [2.75, 3.05) is 0 Å². The van der Waals surface area contributed by atoms with Gasteiger partial charge in [-0.05, 0) is 37.6 Å². The molecule has 4 nitrogen and oxygen atoms in total. The van der Waals surface area contributed by atoms with Gasteiger partial charge in [-0.1, -0.05) is 35.5 Å². The van der Waals surface area contributed by atoms with Crippen molar-refractivity contribution in [3.05, 3.63) is 63.7 Å². The zero-order chi connectivity index (χ0) is 14.7.